The highest BCUT2D eigenvalue weighted by atomic mass is 16.5. The largest absolute Gasteiger partial charge is 0.379 e. The van der Waals surface area contributed by atoms with Gasteiger partial charge in [-0.1, -0.05) is 13.8 Å². The van der Waals surface area contributed by atoms with Crippen LogP contribution >= 0.6 is 0 Å². The van der Waals surface area contributed by atoms with Gasteiger partial charge in [-0.2, -0.15) is 0 Å². The summed E-state index contributed by atoms with van der Waals surface area (Å²) in [6.45, 7) is 9.42. The third-order valence-electron chi connectivity index (χ3n) is 2.03. The van der Waals surface area contributed by atoms with Gasteiger partial charge in [-0.15, -0.1) is 0 Å². The number of rotatable bonds is 8. The van der Waals surface area contributed by atoms with Crippen molar-refractivity contribution in [3.8, 4) is 0 Å². The van der Waals surface area contributed by atoms with E-state index in [-0.39, 0.29) is 0 Å². The fraction of sp³-hybridized carbons (Fsp3) is 0.667. The third-order valence-corrected chi connectivity index (χ3v) is 2.03. The van der Waals surface area contributed by atoms with E-state index in [4.69, 9.17) is 4.74 Å². The predicted octanol–water partition coefficient (Wildman–Crippen LogP) is 1.99. The van der Waals surface area contributed by atoms with E-state index in [2.05, 4.69) is 34.4 Å². The van der Waals surface area contributed by atoms with Gasteiger partial charge >= 0.3 is 0 Å². The summed E-state index contributed by atoms with van der Waals surface area (Å²) in [7, 11) is 0. The van der Waals surface area contributed by atoms with Crippen molar-refractivity contribution in [1.82, 2.24) is 9.97 Å². The molecule has 0 saturated heterocycles. The molecule has 1 rings (SSSR count). The van der Waals surface area contributed by atoms with Crippen LogP contribution in [-0.2, 0) is 4.74 Å². The number of anilines is 2. The molecule has 0 aliphatic carbocycles. The first kappa shape index (κ1) is 13.7. The molecule has 17 heavy (non-hydrogen) atoms. The predicted molar refractivity (Wildman–Crippen MR) is 70.3 cm³/mol. The molecule has 0 unspecified atom stereocenters. The van der Waals surface area contributed by atoms with Crippen molar-refractivity contribution in [3.63, 3.8) is 0 Å². The van der Waals surface area contributed by atoms with Crippen molar-refractivity contribution in [2.24, 2.45) is 5.92 Å². The number of hydrogen-bond donors (Lipinski definition) is 2. The molecule has 0 saturated carbocycles. The lowest BCUT2D eigenvalue weighted by Crippen LogP contribution is -2.13. The van der Waals surface area contributed by atoms with E-state index in [9.17, 15) is 0 Å². The Balaban J connectivity index is 2.24. The maximum atomic E-state index is 5.47. The minimum Gasteiger partial charge on any atom is -0.379 e. The fourth-order valence-electron chi connectivity index (χ4n) is 1.30. The van der Waals surface area contributed by atoms with Gasteiger partial charge in [-0.25, -0.2) is 9.97 Å². The van der Waals surface area contributed by atoms with Gasteiger partial charge in [-0.3, -0.25) is 0 Å². The monoisotopic (exact) mass is 238 g/mol. The Hall–Kier alpha value is -1.36. The summed E-state index contributed by atoms with van der Waals surface area (Å²) < 4.78 is 5.47. The number of nitrogens with one attached hydrogen (secondary N) is 2. The molecule has 1 aromatic rings. The molecule has 0 bridgehead atoms. The van der Waals surface area contributed by atoms with Crippen LogP contribution in [0, 0.1) is 5.92 Å². The molecular weight excluding hydrogens is 216 g/mol. The van der Waals surface area contributed by atoms with Crippen LogP contribution in [0.5, 0.6) is 0 Å². The molecule has 0 aromatic carbocycles. The van der Waals surface area contributed by atoms with E-state index in [1.165, 1.54) is 0 Å². The molecule has 1 aromatic heterocycles. The van der Waals surface area contributed by atoms with Crippen LogP contribution in [0.25, 0.3) is 0 Å². The minimum atomic E-state index is 0.578. The normalized spacial score (nSPS) is 10.6. The second kappa shape index (κ2) is 7.84. The Bertz CT molecular complexity index is 317. The Labute approximate surface area is 103 Å². The minimum absolute atomic E-state index is 0.578. The van der Waals surface area contributed by atoms with Crippen molar-refractivity contribution >= 4 is 11.6 Å². The van der Waals surface area contributed by atoms with Crippen LogP contribution in [0.1, 0.15) is 20.8 Å². The summed E-state index contributed by atoms with van der Waals surface area (Å²) >= 11 is 0. The third kappa shape index (κ3) is 6.06. The second-order valence-corrected chi connectivity index (χ2v) is 4.21. The smallest absolute Gasteiger partial charge is 0.131 e. The van der Waals surface area contributed by atoms with Crippen molar-refractivity contribution in [2.45, 2.75) is 20.8 Å². The molecule has 0 aliphatic heterocycles. The van der Waals surface area contributed by atoms with Gasteiger partial charge in [0.15, 0.2) is 0 Å². The maximum absolute atomic E-state index is 5.47. The lowest BCUT2D eigenvalue weighted by Gasteiger charge is -2.09. The topological polar surface area (TPSA) is 59.1 Å². The van der Waals surface area contributed by atoms with Crippen LogP contribution in [-0.4, -0.2) is 36.3 Å². The molecule has 96 valence electrons. The quantitative estimate of drug-likeness (QED) is 0.678. The van der Waals surface area contributed by atoms with Gasteiger partial charge in [0.1, 0.15) is 18.0 Å². The summed E-state index contributed by atoms with van der Waals surface area (Å²) in [5.74, 6) is 2.24. The molecule has 0 amide bonds. The highest BCUT2D eigenvalue weighted by molar-refractivity contribution is 5.46. The number of aromatic nitrogens is 2. The molecular formula is C12H22N4O. The number of hydrogen-bond acceptors (Lipinski definition) is 5. The van der Waals surface area contributed by atoms with Gasteiger partial charge < -0.3 is 15.4 Å². The zero-order valence-electron chi connectivity index (χ0n) is 10.9. The molecule has 0 aliphatic rings. The molecule has 5 heteroatoms. The Kier molecular flexibility index (Phi) is 6.32. The average Bonchev–Trinajstić information content (AvgIpc) is 2.29. The fourth-order valence-corrected chi connectivity index (χ4v) is 1.30. The average molecular weight is 238 g/mol. The molecule has 0 atom stereocenters. The molecule has 1 heterocycles. The van der Waals surface area contributed by atoms with Gasteiger partial charge in [0.25, 0.3) is 0 Å². The highest BCUT2D eigenvalue weighted by Crippen LogP contribution is 2.07. The number of nitrogens with zero attached hydrogens (tertiary/aromatic N) is 2. The first-order valence-electron chi connectivity index (χ1n) is 6.10. The Morgan fingerprint density at radius 1 is 1.24 bits per heavy atom. The molecule has 2 N–H and O–H groups in total. The molecule has 0 spiro atoms. The van der Waals surface area contributed by atoms with Gasteiger partial charge in [0.05, 0.1) is 6.61 Å². The van der Waals surface area contributed by atoms with E-state index in [0.717, 1.165) is 31.3 Å². The lowest BCUT2D eigenvalue weighted by molar-refractivity contribution is 0.118. The standard InChI is InChI=1S/C12H22N4O/c1-4-13-11-7-12(16-9-15-11)14-5-6-17-8-10(2)3/h7,9-10H,4-6,8H2,1-3H3,(H2,13,14,15,16). The summed E-state index contributed by atoms with van der Waals surface area (Å²) in [5.41, 5.74) is 0. The van der Waals surface area contributed by atoms with Crippen LogP contribution < -0.4 is 10.6 Å². The van der Waals surface area contributed by atoms with Gasteiger partial charge in [0, 0.05) is 25.8 Å². The van der Waals surface area contributed by atoms with Crippen LogP contribution in [0.3, 0.4) is 0 Å². The first-order valence-corrected chi connectivity index (χ1v) is 6.10. The van der Waals surface area contributed by atoms with Crippen LogP contribution in [0.2, 0.25) is 0 Å². The van der Waals surface area contributed by atoms with E-state index in [0.29, 0.717) is 12.5 Å². The maximum Gasteiger partial charge on any atom is 0.131 e. The zero-order chi connectivity index (χ0) is 12.5. The number of ether oxygens (including phenoxy) is 1. The van der Waals surface area contributed by atoms with Gasteiger partial charge in [-0.05, 0) is 12.8 Å². The second-order valence-electron chi connectivity index (χ2n) is 4.21. The van der Waals surface area contributed by atoms with E-state index >= 15 is 0 Å². The Morgan fingerprint density at radius 2 is 1.94 bits per heavy atom. The van der Waals surface area contributed by atoms with Crippen molar-refractivity contribution in [1.29, 1.82) is 0 Å². The molecule has 5 nitrogen and oxygen atoms in total. The van der Waals surface area contributed by atoms with Crippen molar-refractivity contribution < 1.29 is 4.74 Å². The lowest BCUT2D eigenvalue weighted by atomic mass is 10.2. The zero-order valence-corrected chi connectivity index (χ0v) is 10.9. The molecule has 0 fully saturated rings. The summed E-state index contributed by atoms with van der Waals surface area (Å²) in [4.78, 5) is 8.24. The Morgan fingerprint density at radius 3 is 2.59 bits per heavy atom. The summed E-state index contributed by atoms with van der Waals surface area (Å²) in [5, 5.41) is 6.34. The van der Waals surface area contributed by atoms with E-state index in [1.54, 1.807) is 6.33 Å². The highest BCUT2D eigenvalue weighted by Gasteiger charge is 1.97. The SMILES string of the molecule is CCNc1cc(NCCOCC(C)C)ncn1. The van der Waals surface area contributed by atoms with Gasteiger partial charge in [0.2, 0.25) is 0 Å². The van der Waals surface area contributed by atoms with Crippen LogP contribution in [0.15, 0.2) is 12.4 Å². The van der Waals surface area contributed by atoms with Crippen LogP contribution in [0.4, 0.5) is 11.6 Å². The summed E-state index contributed by atoms with van der Waals surface area (Å²) in [6, 6.07) is 1.89. The summed E-state index contributed by atoms with van der Waals surface area (Å²) in [6.07, 6.45) is 1.55. The van der Waals surface area contributed by atoms with Crippen molar-refractivity contribution in [2.75, 3.05) is 36.9 Å². The van der Waals surface area contributed by atoms with E-state index < -0.39 is 0 Å². The first-order chi connectivity index (χ1) is 8.22. The molecule has 0 radical (unpaired) electrons. The van der Waals surface area contributed by atoms with E-state index in [1.807, 2.05) is 13.0 Å². The van der Waals surface area contributed by atoms with Crippen molar-refractivity contribution in [3.05, 3.63) is 12.4 Å².